The largest absolute Gasteiger partial charge is 0.355 e. The molecule has 2 rings (SSSR count). The molecule has 5 heteroatoms. The van der Waals surface area contributed by atoms with E-state index in [1.165, 1.54) is 6.42 Å². The van der Waals surface area contributed by atoms with Crippen LogP contribution in [0, 0.1) is 0 Å². The summed E-state index contributed by atoms with van der Waals surface area (Å²) in [7, 11) is 0. The molecule has 1 fully saturated rings. The predicted molar refractivity (Wildman–Crippen MR) is 71.4 cm³/mol. The highest BCUT2D eigenvalue weighted by Crippen LogP contribution is 2.10. The van der Waals surface area contributed by atoms with Crippen LogP contribution in [0.5, 0.6) is 0 Å². The summed E-state index contributed by atoms with van der Waals surface area (Å²) < 4.78 is 2.03. The molecular formula is C13H22N4O. The third kappa shape index (κ3) is 3.24. The maximum absolute atomic E-state index is 11.9. The van der Waals surface area contributed by atoms with Gasteiger partial charge >= 0.3 is 0 Å². The third-order valence-corrected chi connectivity index (χ3v) is 3.39. The summed E-state index contributed by atoms with van der Waals surface area (Å²) >= 11 is 0. The van der Waals surface area contributed by atoms with Crippen molar-refractivity contribution in [2.24, 2.45) is 0 Å². The molecule has 0 atom stereocenters. The van der Waals surface area contributed by atoms with Crippen LogP contribution >= 0.6 is 0 Å². The van der Waals surface area contributed by atoms with Crippen molar-refractivity contribution < 1.29 is 4.79 Å². The van der Waals surface area contributed by atoms with E-state index < -0.39 is 0 Å². The van der Waals surface area contributed by atoms with Gasteiger partial charge < -0.3 is 14.8 Å². The number of carbonyl (C=O) groups is 1. The number of nitrogens with zero attached hydrogens (tertiary/aromatic N) is 3. The van der Waals surface area contributed by atoms with Crippen LogP contribution in [0.15, 0.2) is 12.4 Å². The van der Waals surface area contributed by atoms with Crippen molar-refractivity contribution in [2.45, 2.75) is 39.2 Å². The van der Waals surface area contributed by atoms with E-state index in [-0.39, 0.29) is 5.91 Å². The smallest absolute Gasteiger partial charge is 0.224 e. The van der Waals surface area contributed by atoms with Crippen molar-refractivity contribution in [2.75, 3.05) is 25.0 Å². The van der Waals surface area contributed by atoms with Crippen molar-refractivity contribution in [3.8, 4) is 0 Å². The lowest BCUT2D eigenvalue weighted by molar-refractivity contribution is -0.131. The zero-order valence-electron chi connectivity index (χ0n) is 11.1. The van der Waals surface area contributed by atoms with Gasteiger partial charge in [0.15, 0.2) is 0 Å². The van der Waals surface area contributed by atoms with Crippen molar-refractivity contribution in [3.05, 3.63) is 12.4 Å². The molecule has 18 heavy (non-hydrogen) atoms. The van der Waals surface area contributed by atoms with Gasteiger partial charge in [0.2, 0.25) is 11.9 Å². The lowest BCUT2D eigenvalue weighted by atomic mass is 10.1. The van der Waals surface area contributed by atoms with E-state index in [1.807, 2.05) is 15.7 Å². The summed E-state index contributed by atoms with van der Waals surface area (Å²) in [5.41, 5.74) is 0. The van der Waals surface area contributed by atoms with Crippen LogP contribution in [0.2, 0.25) is 0 Å². The number of aromatic nitrogens is 2. The second-order valence-corrected chi connectivity index (χ2v) is 4.66. The van der Waals surface area contributed by atoms with Crippen LogP contribution in [0.4, 0.5) is 5.95 Å². The highest BCUT2D eigenvalue weighted by molar-refractivity contribution is 5.76. The molecule has 0 spiro atoms. The fourth-order valence-electron chi connectivity index (χ4n) is 2.31. The Morgan fingerprint density at radius 1 is 1.39 bits per heavy atom. The number of anilines is 1. The van der Waals surface area contributed by atoms with E-state index in [1.54, 1.807) is 6.20 Å². The molecule has 0 aliphatic carbocycles. The molecule has 1 N–H and O–H groups in total. The summed E-state index contributed by atoms with van der Waals surface area (Å²) in [5.74, 6) is 1.11. The second-order valence-electron chi connectivity index (χ2n) is 4.66. The maximum atomic E-state index is 11.9. The normalized spacial score (nSPS) is 15.7. The highest BCUT2D eigenvalue weighted by Gasteiger charge is 2.15. The Balaban J connectivity index is 1.73. The molecule has 1 aromatic heterocycles. The molecule has 0 saturated carbocycles. The summed E-state index contributed by atoms with van der Waals surface area (Å²) in [5, 5.41) is 3.22. The van der Waals surface area contributed by atoms with Crippen LogP contribution < -0.4 is 5.32 Å². The molecule has 5 nitrogen and oxygen atoms in total. The molecule has 0 aromatic carbocycles. The average molecular weight is 250 g/mol. The highest BCUT2D eigenvalue weighted by atomic mass is 16.2. The summed E-state index contributed by atoms with van der Waals surface area (Å²) in [4.78, 5) is 18.1. The Morgan fingerprint density at radius 2 is 2.17 bits per heavy atom. The number of piperidine rings is 1. The zero-order valence-corrected chi connectivity index (χ0v) is 11.1. The first kappa shape index (κ1) is 12.9. The number of rotatable bonds is 5. The van der Waals surface area contributed by atoms with Gasteiger partial charge in [0.05, 0.1) is 0 Å². The first-order valence-corrected chi connectivity index (χ1v) is 6.84. The monoisotopic (exact) mass is 250 g/mol. The Bertz CT molecular complexity index is 382. The molecule has 1 saturated heterocycles. The minimum Gasteiger partial charge on any atom is -0.355 e. The average Bonchev–Trinajstić information content (AvgIpc) is 2.87. The van der Waals surface area contributed by atoms with E-state index in [2.05, 4.69) is 17.2 Å². The molecule has 0 unspecified atom stereocenters. The fraction of sp³-hybridized carbons (Fsp3) is 0.692. The Hall–Kier alpha value is -1.52. The van der Waals surface area contributed by atoms with Crippen LogP contribution in [0.3, 0.4) is 0 Å². The summed E-state index contributed by atoms with van der Waals surface area (Å²) in [6.45, 7) is 5.49. The fourth-order valence-corrected chi connectivity index (χ4v) is 2.31. The SMILES string of the molecule is CCn1ccnc1NCCC(=O)N1CCCCC1. The van der Waals surface area contributed by atoms with Gasteiger partial charge in [-0.15, -0.1) is 0 Å². The van der Waals surface area contributed by atoms with Gasteiger partial charge in [-0.2, -0.15) is 0 Å². The van der Waals surface area contributed by atoms with Gasteiger partial charge in [-0.3, -0.25) is 4.79 Å². The van der Waals surface area contributed by atoms with Gasteiger partial charge in [-0.1, -0.05) is 0 Å². The number of nitrogens with one attached hydrogen (secondary N) is 1. The Labute approximate surface area is 108 Å². The minimum absolute atomic E-state index is 0.261. The van der Waals surface area contributed by atoms with E-state index in [0.29, 0.717) is 13.0 Å². The van der Waals surface area contributed by atoms with Gasteiger partial charge in [-0.25, -0.2) is 4.98 Å². The summed E-state index contributed by atoms with van der Waals surface area (Å²) in [6, 6.07) is 0. The van der Waals surface area contributed by atoms with Gasteiger partial charge in [0.1, 0.15) is 0 Å². The van der Waals surface area contributed by atoms with Crippen LogP contribution in [0.1, 0.15) is 32.6 Å². The molecule has 0 bridgehead atoms. The number of hydrogen-bond donors (Lipinski definition) is 1. The predicted octanol–water partition coefficient (Wildman–Crippen LogP) is 1.72. The lowest BCUT2D eigenvalue weighted by Crippen LogP contribution is -2.36. The standard InChI is InChI=1S/C13H22N4O/c1-2-16-11-8-15-13(16)14-7-6-12(18)17-9-4-3-5-10-17/h8,11H,2-7,9-10H2,1H3,(H,14,15). The number of aryl methyl sites for hydroxylation is 1. The second kappa shape index (κ2) is 6.42. The van der Waals surface area contributed by atoms with Gasteiger partial charge in [0, 0.05) is 45.0 Å². The number of likely N-dealkylation sites (tertiary alicyclic amines) is 1. The molecule has 1 amide bonds. The Morgan fingerprint density at radius 3 is 2.89 bits per heavy atom. The summed E-state index contributed by atoms with van der Waals surface area (Å²) in [6.07, 6.45) is 7.83. The zero-order chi connectivity index (χ0) is 12.8. The van der Waals surface area contributed by atoms with Crippen molar-refractivity contribution in [3.63, 3.8) is 0 Å². The molecule has 0 radical (unpaired) electrons. The van der Waals surface area contributed by atoms with Crippen molar-refractivity contribution >= 4 is 11.9 Å². The molecular weight excluding hydrogens is 228 g/mol. The number of imidazole rings is 1. The van der Waals surface area contributed by atoms with E-state index in [0.717, 1.165) is 38.4 Å². The third-order valence-electron chi connectivity index (χ3n) is 3.39. The van der Waals surface area contributed by atoms with E-state index in [9.17, 15) is 4.79 Å². The van der Waals surface area contributed by atoms with Crippen molar-refractivity contribution in [1.29, 1.82) is 0 Å². The van der Waals surface area contributed by atoms with Crippen LogP contribution in [-0.2, 0) is 11.3 Å². The first-order valence-electron chi connectivity index (χ1n) is 6.84. The number of amides is 1. The van der Waals surface area contributed by atoms with Gasteiger partial charge in [0.25, 0.3) is 0 Å². The molecule has 1 aliphatic heterocycles. The Kier molecular flexibility index (Phi) is 4.61. The minimum atomic E-state index is 0.261. The van der Waals surface area contributed by atoms with Crippen LogP contribution in [0.25, 0.3) is 0 Å². The molecule has 1 aromatic rings. The number of hydrogen-bond acceptors (Lipinski definition) is 3. The first-order chi connectivity index (χ1) is 8.81. The maximum Gasteiger partial charge on any atom is 0.224 e. The van der Waals surface area contributed by atoms with Gasteiger partial charge in [-0.05, 0) is 26.2 Å². The molecule has 2 heterocycles. The quantitative estimate of drug-likeness (QED) is 0.865. The molecule has 1 aliphatic rings. The topological polar surface area (TPSA) is 50.2 Å². The lowest BCUT2D eigenvalue weighted by Gasteiger charge is -2.26. The van der Waals surface area contributed by atoms with E-state index >= 15 is 0 Å². The number of carbonyl (C=O) groups excluding carboxylic acids is 1. The van der Waals surface area contributed by atoms with Crippen molar-refractivity contribution in [1.82, 2.24) is 14.5 Å². The molecule has 100 valence electrons. The van der Waals surface area contributed by atoms with Crippen LogP contribution in [-0.4, -0.2) is 40.0 Å². The van der Waals surface area contributed by atoms with E-state index in [4.69, 9.17) is 0 Å².